The van der Waals surface area contributed by atoms with Crippen LogP contribution in [0.1, 0.15) is 65.1 Å². The summed E-state index contributed by atoms with van der Waals surface area (Å²) in [5, 5.41) is 2.99. The quantitative estimate of drug-likeness (QED) is 0.601. The van der Waals surface area contributed by atoms with Crippen LogP contribution in [0.3, 0.4) is 0 Å². The number of hydrogen-bond donors (Lipinski definition) is 1. The molecule has 4 nitrogen and oxygen atoms in total. The van der Waals surface area contributed by atoms with Crippen LogP contribution in [0.4, 0.5) is 0 Å². The number of nitrogens with one attached hydrogen (secondary N) is 1. The topological polar surface area (TPSA) is 46.9 Å². The lowest BCUT2D eigenvalue weighted by molar-refractivity contribution is -0.123. The van der Waals surface area contributed by atoms with Crippen molar-refractivity contribution in [2.24, 2.45) is 5.92 Å². The zero-order valence-electron chi connectivity index (χ0n) is 16.1. The Hall–Kier alpha value is -1.84. The molecule has 1 N–H and O–H groups in total. The molecule has 0 radical (unpaired) electrons. The van der Waals surface area contributed by atoms with E-state index in [4.69, 9.17) is 4.98 Å². The van der Waals surface area contributed by atoms with E-state index in [1.807, 2.05) is 13.8 Å². The van der Waals surface area contributed by atoms with Gasteiger partial charge in [-0.1, -0.05) is 52.2 Å². The number of fused-ring (bicyclic) bond motifs is 1. The van der Waals surface area contributed by atoms with E-state index >= 15 is 0 Å². The Bertz CT molecular complexity index is 660. The molecule has 0 bridgehead atoms. The molecule has 25 heavy (non-hydrogen) atoms. The molecule has 0 spiro atoms. The Balaban J connectivity index is 1.85. The van der Waals surface area contributed by atoms with Gasteiger partial charge in [-0.05, 0) is 31.4 Å². The van der Waals surface area contributed by atoms with E-state index in [1.165, 1.54) is 30.6 Å². The molecule has 0 aliphatic heterocycles. The van der Waals surface area contributed by atoms with Crippen LogP contribution in [-0.4, -0.2) is 22.0 Å². The molecule has 0 unspecified atom stereocenters. The minimum absolute atomic E-state index is 0.0722. The van der Waals surface area contributed by atoms with Crippen LogP contribution in [0.25, 0.3) is 11.0 Å². The molecule has 4 heteroatoms. The van der Waals surface area contributed by atoms with Gasteiger partial charge in [-0.15, -0.1) is 0 Å². The number of rotatable bonds is 11. The van der Waals surface area contributed by atoms with E-state index < -0.39 is 0 Å². The smallest absolute Gasteiger partial charge is 0.222 e. The van der Waals surface area contributed by atoms with Crippen molar-refractivity contribution in [2.75, 3.05) is 6.54 Å². The maximum atomic E-state index is 11.5. The zero-order valence-corrected chi connectivity index (χ0v) is 16.1. The summed E-state index contributed by atoms with van der Waals surface area (Å²) in [6.07, 6.45) is 8.01. The lowest BCUT2D eigenvalue weighted by Crippen LogP contribution is -2.28. The Morgan fingerprint density at radius 2 is 1.92 bits per heavy atom. The van der Waals surface area contributed by atoms with E-state index in [1.54, 1.807) is 0 Å². The molecule has 0 atom stereocenters. The molecule has 0 saturated carbocycles. The highest BCUT2D eigenvalue weighted by Crippen LogP contribution is 2.19. The summed E-state index contributed by atoms with van der Waals surface area (Å²) < 4.78 is 2.41. The molecule has 1 aromatic carbocycles. The highest BCUT2D eigenvalue weighted by atomic mass is 16.1. The average molecular weight is 344 g/mol. The first-order valence-electron chi connectivity index (χ1n) is 9.85. The van der Waals surface area contributed by atoms with Gasteiger partial charge in [0.25, 0.3) is 0 Å². The second-order valence-corrected chi connectivity index (χ2v) is 7.13. The first kappa shape index (κ1) is 19.5. The Morgan fingerprint density at radius 3 is 2.68 bits per heavy atom. The standard InChI is InChI=1S/C21H33N3O/c1-4-5-11-16-24-19-13-9-8-12-18(19)23-20(24)14-7-6-10-15-22-21(25)17(2)3/h8-9,12-13,17H,4-7,10-11,14-16H2,1-3H3,(H,22,25). The van der Waals surface area contributed by atoms with Crippen LogP contribution >= 0.6 is 0 Å². The molecule has 0 aliphatic carbocycles. The van der Waals surface area contributed by atoms with Gasteiger partial charge in [0.05, 0.1) is 11.0 Å². The minimum Gasteiger partial charge on any atom is -0.356 e. The van der Waals surface area contributed by atoms with Crippen LogP contribution in [0.5, 0.6) is 0 Å². The molecule has 0 aliphatic rings. The summed E-state index contributed by atoms with van der Waals surface area (Å²) >= 11 is 0. The van der Waals surface area contributed by atoms with Crippen LogP contribution in [-0.2, 0) is 17.8 Å². The van der Waals surface area contributed by atoms with Crippen LogP contribution in [0, 0.1) is 5.92 Å². The third-order valence-corrected chi connectivity index (χ3v) is 4.62. The number of amides is 1. The second kappa shape index (κ2) is 10.2. The van der Waals surface area contributed by atoms with Crippen molar-refractivity contribution in [1.29, 1.82) is 0 Å². The highest BCUT2D eigenvalue weighted by Gasteiger charge is 2.10. The molecule has 0 fully saturated rings. The summed E-state index contributed by atoms with van der Waals surface area (Å²) in [6.45, 7) is 7.94. The Kier molecular flexibility index (Phi) is 7.96. The fourth-order valence-electron chi connectivity index (χ4n) is 3.09. The average Bonchev–Trinajstić information content (AvgIpc) is 2.95. The number of unbranched alkanes of at least 4 members (excludes halogenated alkanes) is 4. The number of imidazole rings is 1. The zero-order chi connectivity index (χ0) is 18.1. The highest BCUT2D eigenvalue weighted by molar-refractivity contribution is 5.77. The van der Waals surface area contributed by atoms with E-state index in [9.17, 15) is 4.79 Å². The van der Waals surface area contributed by atoms with Gasteiger partial charge in [-0.2, -0.15) is 0 Å². The van der Waals surface area contributed by atoms with Crippen molar-refractivity contribution >= 4 is 16.9 Å². The van der Waals surface area contributed by atoms with E-state index in [2.05, 4.69) is 41.1 Å². The van der Waals surface area contributed by atoms with Crippen molar-refractivity contribution in [1.82, 2.24) is 14.9 Å². The number of benzene rings is 1. The summed E-state index contributed by atoms with van der Waals surface area (Å²) in [5.74, 6) is 1.43. The number of aromatic nitrogens is 2. The molecule has 2 aromatic rings. The molecule has 1 amide bonds. The summed E-state index contributed by atoms with van der Waals surface area (Å²) in [7, 11) is 0. The predicted molar refractivity (Wildman–Crippen MR) is 105 cm³/mol. The number of aryl methyl sites for hydroxylation is 2. The molecule has 138 valence electrons. The molecule has 1 aromatic heterocycles. The predicted octanol–water partition coefficient (Wildman–Crippen LogP) is 4.71. The fraction of sp³-hybridized carbons (Fsp3) is 0.619. The third kappa shape index (κ3) is 5.87. The van der Waals surface area contributed by atoms with Crippen molar-refractivity contribution in [3.63, 3.8) is 0 Å². The van der Waals surface area contributed by atoms with Gasteiger partial charge in [0.2, 0.25) is 5.91 Å². The van der Waals surface area contributed by atoms with E-state index in [-0.39, 0.29) is 11.8 Å². The third-order valence-electron chi connectivity index (χ3n) is 4.62. The number of carbonyl (C=O) groups is 1. The Morgan fingerprint density at radius 1 is 1.12 bits per heavy atom. The van der Waals surface area contributed by atoms with Crippen LogP contribution < -0.4 is 5.32 Å². The lowest BCUT2D eigenvalue weighted by Gasteiger charge is -2.09. The van der Waals surface area contributed by atoms with Crippen molar-refractivity contribution in [2.45, 2.75) is 72.3 Å². The van der Waals surface area contributed by atoms with Gasteiger partial charge in [0.15, 0.2) is 0 Å². The van der Waals surface area contributed by atoms with E-state index in [0.29, 0.717) is 0 Å². The monoisotopic (exact) mass is 343 g/mol. The number of hydrogen-bond acceptors (Lipinski definition) is 2. The first-order valence-corrected chi connectivity index (χ1v) is 9.85. The maximum Gasteiger partial charge on any atom is 0.222 e. The molecular formula is C21H33N3O. The van der Waals surface area contributed by atoms with Crippen molar-refractivity contribution in [3.05, 3.63) is 30.1 Å². The van der Waals surface area contributed by atoms with Gasteiger partial charge in [-0.25, -0.2) is 4.98 Å². The number of carbonyl (C=O) groups excluding carboxylic acids is 1. The fourth-order valence-corrected chi connectivity index (χ4v) is 3.09. The summed E-state index contributed by atoms with van der Waals surface area (Å²) in [5.41, 5.74) is 2.37. The van der Waals surface area contributed by atoms with Gasteiger partial charge in [0.1, 0.15) is 5.82 Å². The SMILES string of the molecule is CCCCCn1c(CCCCCNC(=O)C(C)C)nc2ccccc21. The van der Waals surface area contributed by atoms with Gasteiger partial charge >= 0.3 is 0 Å². The molecule has 2 rings (SSSR count). The van der Waals surface area contributed by atoms with E-state index in [0.717, 1.165) is 44.3 Å². The van der Waals surface area contributed by atoms with Gasteiger partial charge in [-0.3, -0.25) is 4.79 Å². The van der Waals surface area contributed by atoms with Crippen LogP contribution in [0.2, 0.25) is 0 Å². The van der Waals surface area contributed by atoms with Gasteiger partial charge < -0.3 is 9.88 Å². The first-order chi connectivity index (χ1) is 12.1. The number of para-hydroxylation sites is 2. The second-order valence-electron chi connectivity index (χ2n) is 7.13. The lowest BCUT2D eigenvalue weighted by atomic mass is 10.1. The molecule has 1 heterocycles. The van der Waals surface area contributed by atoms with Crippen molar-refractivity contribution in [3.8, 4) is 0 Å². The van der Waals surface area contributed by atoms with Crippen LogP contribution in [0.15, 0.2) is 24.3 Å². The number of nitrogens with zero attached hydrogens (tertiary/aromatic N) is 2. The largest absolute Gasteiger partial charge is 0.356 e. The Labute approximate surface area is 152 Å². The summed E-state index contributed by atoms with van der Waals surface area (Å²) in [4.78, 5) is 16.4. The van der Waals surface area contributed by atoms with Gasteiger partial charge in [0, 0.05) is 25.4 Å². The normalized spacial score (nSPS) is 11.4. The minimum atomic E-state index is 0.0722. The summed E-state index contributed by atoms with van der Waals surface area (Å²) in [6, 6.07) is 8.45. The maximum absolute atomic E-state index is 11.5. The molecular weight excluding hydrogens is 310 g/mol. The molecule has 0 saturated heterocycles. The van der Waals surface area contributed by atoms with Crippen molar-refractivity contribution < 1.29 is 4.79 Å².